The lowest BCUT2D eigenvalue weighted by atomic mass is 10.0. The number of aliphatic hydroxyl groups is 1. The zero-order chi connectivity index (χ0) is 70.4. The van der Waals surface area contributed by atoms with Gasteiger partial charge in [-0.3, -0.25) is 37.3 Å². The van der Waals surface area contributed by atoms with E-state index in [2.05, 4.69) is 101 Å². The second kappa shape index (κ2) is 70.0. The predicted molar refractivity (Wildman–Crippen MR) is 390 cm³/mol. The molecule has 5 unspecified atom stereocenters. The third-order valence-corrected chi connectivity index (χ3v) is 18.0. The lowest BCUT2D eigenvalue weighted by Gasteiger charge is -2.21. The molecule has 0 aromatic rings. The van der Waals surface area contributed by atoms with E-state index in [1.165, 1.54) is 77.0 Å². The molecule has 0 amide bonds. The van der Waals surface area contributed by atoms with Crippen LogP contribution in [0.15, 0.2) is 72.9 Å². The van der Waals surface area contributed by atoms with Crippen molar-refractivity contribution in [1.29, 1.82) is 0 Å². The highest BCUT2D eigenvalue weighted by atomic mass is 31.2. The minimum atomic E-state index is -4.97. The van der Waals surface area contributed by atoms with Gasteiger partial charge < -0.3 is 33.8 Å². The SMILES string of the molecule is CC/C=C\C/C=C\C/C=C\CCCCCCCCCC(=O)OCC(COP(=O)(O)OCC(O)COP(=O)(O)OCC(COC(=O)CCCCCCC/C=C\C/C=C\CCC)OC(=O)CCCCCCC/C=C\CCCCCC)OC(=O)CCCCCCCCCCCCCCC. The lowest BCUT2D eigenvalue weighted by molar-refractivity contribution is -0.161. The Bertz CT molecular complexity index is 2110. The maximum atomic E-state index is 13.1. The fraction of sp³-hybridized carbons (Fsp3) is 0.792. The summed E-state index contributed by atoms with van der Waals surface area (Å²) >= 11 is 0. The molecular weight excluding hydrogens is 1260 g/mol. The normalized spacial score (nSPS) is 14.4. The molecular formula is C77H138O17P2. The van der Waals surface area contributed by atoms with Crippen LogP contribution in [0.2, 0.25) is 0 Å². The number of carbonyl (C=O) groups excluding carboxylic acids is 4. The molecule has 0 aromatic carbocycles. The Labute approximate surface area is 583 Å². The number of phosphoric ester groups is 2. The maximum Gasteiger partial charge on any atom is 0.472 e. The van der Waals surface area contributed by atoms with E-state index < -0.39 is 97.5 Å². The van der Waals surface area contributed by atoms with Crippen molar-refractivity contribution in [2.45, 2.75) is 354 Å². The molecule has 0 radical (unpaired) electrons. The summed E-state index contributed by atoms with van der Waals surface area (Å²) in [5, 5.41) is 10.6. The monoisotopic (exact) mass is 1400 g/mol. The molecule has 19 heteroatoms. The average molecular weight is 1400 g/mol. The molecule has 558 valence electrons. The van der Waals surface area contributed by atoms with Crippen LogP contribution in [0.4, 0.5) is 0 Å². The van der Waals surface area contributed by atoms with Crippen LogP contribution >= 0.6 is 15.6 Å². The Morgan fingerprint density at radius 3 is 0.896 bits per heavy atom. The molecule has 0 heterocycles. The molecule has 0 rings (SSSR count). The molecule has 96 heavy (non-hydrogen) atoms. The van der Waals surface area contributed by atoms with Crippen molar-refractivity contribution in [3.8, 4) is 0 Å². The minimum absolute atomic E-state index is 0.0847. The van der Waals surface area contributed by atoms with E-state index in [4.69, 9.17) is 37.0 Å². The van der Waals surface area contributed by atoms with Gasteiger partial charge in [0.2, 0.25) is 0 Å². The van der Waals surface area contributed by atoms with Crippen molar-refractivity contribution in [2.24, 2.45) is 0 Å². The fourth-order valence-corrected chi connectivity index (χ4v) is 11.9. The van der Waals surface area contributed by atoms with E-state index in [1.54, 1.807) is 0 Å². The first-order valence-corrected chi connectivity index (χ1v) is 41.2. The summed E-state index contributed by atoms with van der Waals surface area (Å²) in [7, 11) is -9.94. The van der Waals surface area contributed by atoms with Gasteiger partial charge in [0.15, 0.2) is 12.2 Å². The lowest BCUT2D eigenvalue weighted by Crippen LogP contribution is -2.30. The molecule has 0 aliphatic carbocycles. The maximum absolute atomic E-state index is 13.1. The molecule has 0 aromatic heterocycles. The van der Waals surface area contributed by atoms with Crippen molar-refractivity contribution >= 4 is 39.5 Å². The smallest absolute Gasteiger partial charge is 0.462 e. The van der Waals surface area contributed by atoms with Gasteiger partial charge in [-0.05, 0) is 109 Å². The molecule has 5 atom stereocenters. The number of allylic oxidation sites excluding steroid dienone is 12. The molecule has 17 nitrogen and oxygen atoms in total. The number of hydrogen-bond donors (Lipinski definition) is 3. The largest absolute Gasteiger partial charge is 0.472 e. The zero-order valence-electron chi connectivity index (χ0n) is 60.8. The van der Waals surface area contributed by atoms with Crippen LogP contribution in [0.1, 0.15) is 336 Å². The predicted octanol–water partition coefficient (Wildman–Crippen LogP) is 21.7. The van der Waals surface area contributed by atoms with Crippen molar-refractivity contribution in [1.82, 2.24) is 0 Å². The van der Waals surface area contributed by atoms with Crippen LogP contribution in [0.25, 0.3) is 0 Å². The Hall–Kier alpha value is -3.50. The summed E-state index contributed by atoms with van der Waals surface area (Å²) in [6, 6.07) is 0. The highest BCUT2D eigenvalue weighted by molar-refractivity contribution is 7.47. The van der Waals surface area contributed by atoms with Crippen LogP contribution in [0.3, 0.4) is 0 Å². The second-order valence-corrected chi connectivity index (χ2v) is 28.5. The van der Waals surface area contributed by atoms with E-state index in [0.717, 1.165) is 180 Å². The van der Waals surface area contributed by atoms with Gasteiger partial charge in [-0.2, -0.15) is 0 Å². The first-order valence-electron chi connectivity index (χ1n) is 38.2. The van der Waals surface area contributed by atoms with Crippen LogP contribution in [0, 0.1) is 0 Å². The standard InChI is InChI=1S/C77H138O17P2/c1-5-9-13-17-21-25-29-33-34-35-36-40-42-46-50-54-58-62-75(80)88-68-73(94-77(82)64-60-56-52-48-44-39-32-28-24-20-16-12-8-4)70-92-96(85,86)90-66-71(78)65-89-95(83,84)91-69-72(93-76(81)63-59-55-51-47-43-38-31-27-23-19-15-11-7-3)67-87-74(79)61-57-53-49-45-41-37-30-26-22-18-14-10-6-2/h9,13-14,18,21,25-27,30-31,33-34,71-73,78H,5-8,10-12,15-17,19-20,22-24,28-29,32,35-70H2,1-4H3,(H,83,84)(H,85,86)/b13-9-,18-14-,25-21-,30-26-,31-27-,34-33-. The summed E-state index contributed by atoms with van der Waals surface area (Å²) < 4.78 is 68.4. The van der Waals surface area contributed by atoms with Gasteiger partial charge in [0.05, 0.1) is 26.4 Å². The van der Waals surface area contributed by atoms with Gasteiger partial charge in [-0.1, -0.05) is 274 Å². The molecule has 0 aliphatic heterocycles. The average Bonchev–Trinajstić information content (AvgIpc) is 3.12. The Balaban J connectivity index is 5.32. The number of phosphoric acid groups is 2. The number of hydrogen-bond acceptors (Lipinski definition) is 15. The minimum Gasteiger partial charge on any atom is -0.462 e. The van der Waals surface area contributed by atoms with Gasteiger partial charge in [-0.15, -0.1) is 0 Å². The van der Waals surface area contributed by atoms with Crippen LogP contribution < -0.4 is 0 Å². The molecule has 3 N–H and O–H groups in total. The Morgan fingerprint density at radius 2 is 0.562 bits per heavy atom. The van der Waals surface area contributed by atoms with Crippen LogP contribution in [-0.4, -0.2) is 96.7 Å². The van der Waals surface area contributed by atoms with E-state index in [1.807, 2.05) is 0 Å². The summed E-state index contributed by atoms with van der Waals surface area (Å²) in [4.78, 5) is 72.8. The number of esters is 4. The summed E-state index contributed by atoms with van der Waals surface area (Å²) in [5.74, 6) is -2.19. The highest BCUT2D eigenvalue weighted by Gasteiger charge is 2.30. The van der Waals surface area contributed by atoms with E-state index >= 15 is 0 Å². The van der Waals surface area contributed by atoms with Crippen LogP contribution in [0.5, 0.6) is 0 Å². The van der Waals surface area contributed by atoms with E-state index in [9.17, 15) is 43.2 Å². The number of ether oxygens (including phenoxy) is 4. The summed E-state index contributed by atoms with van der Waals surface area (Å²) in [6.45, 7) is 4.69. The number of carbonyl (C=O) groups is 4. The van der Waals surface area contributed by atoms with Crippen molar-refractivity contribution in [3.05, 3.63) is 72.9 Å². The Morgan fingerprint density at radius 1 is 0.302 bits per heavy atom. The Kier molecular flexibility index (Phi) is 67.4. The molecule has 0 saturated carbocycles. The van der Waals surface area contributed by atoms with Gasteiger partial charge in [0.1, 0.15) is 19.3 Å². The first-order chi connectivity index (χ1) is 46.7. The molecule has 0 spiro atoms. The molecule has 0 saturated heterocycles. The van der Waals surface area contributed by atoms with Crippen molar-refractivity contribution in [2.75, 3.05) is 39.6 Å². The van der Waals surface area contributed by atoms with Gasteiger partial charge in [0, 0.05) is 25.7 Å². The molecule has 0 bridgehead atoms. The molecule has 0 fully saturated rings. The van der Waals surface area contributed by atoms with Gasteiger partial charge in [0.25, 0.3) is 0 Å². The fourth-order valence-electron chi connectivity index (χ4n) is 10.3. The second-order valence-electron chi connectivity index (χ2n) is 25.6. The number of rotatable bonds is 72. The summed E-state index contributed by atoms with van der Waals surface area (Å²) in [6.07, 6.45) is 68.9. The first kappa shape index (κ1) is 92.5. The van der Waals surface area contributed by atoms with Gasteiger partial charge >= 0.3 is 39.5 Å². The summed E-state index contributed by atoms with van der Waals surface area (Å²) in [5.41, 5.74) is 0. The van der Waals surface area contributed by atoms with Crippen molar-refractivity contribution in [3.63, 3.8) is 0 Å². The zero-order valence-corrected chi connectivity index (χ0v) is 62.6. The number of unbranched alkanes of at least 4 members (excludes halogenated alkanes) is 34. The van der Waals surface area contributed by atoms with E-state index in [0.29, 0.717) is 25.7 Å². The number of aliphatic hydroxyl groups excluding tert-OH is 1. The topological polar surface area (TPSA) is 237 Å². The highest BCUT2D eigenvalue weighted by Crippen LogP contribution is 2.45. The van der Waals surface area contributed by atoms with Gasteiger partial charge in [-0.25, -0.2) is 9.13 Å². The molecule has 0 aliphatic rings. The third-order valence-electron chi connectivity index (χ3n) is 16.1. The third kappa shape index (κ3) is 69.0. The van der Waals surface area contributed by atoms with Crippen LogP contribution in [-0.2, 0) is 65.4 Å². The van der Waals surface area contributed by atoms with Crippen molar-refractivity contribution < 1.29 is 80.2 Å². The quantitative estimate of drug-likeness (QED) is 0.0169. The van der Waals surface area contributed by atoms with E-state index in [-0.39, 0.29) is 25.7 Å².